The van der Waals surface area contributed by atoms with Crippen molar-refractivity contribution in [1.29, 1.82) is 0 Å². The molecule has 2 N–H and O–H groups in total. The lowest BCUT2D eigenvalue weighted by Gasteiger charge is -2.16. The molecule has 214 valence electrons. The number of amides is 2. The number of hydrogen-bond acceptors (Lipinski definition) is 7. The SMILES string of the molecule is CN(C(=O)/C=C/CN(C)C1CC1)c1cccc(N)c1.CN(C(=O)/C=C/CN(C)C1CC1)c1cccc([N+](=O)[O-])c1. The molecule has 2 aliphatic rings. The molecule has 0 atom stereocenters. The van der Waals surface area contributed by atoms with E-state index in [1.54, 1.807) is 43.3 Å². The lowest BCUT2D eigenvalue weighted by molar-refractivity contribution is -0.384. The second-order valence-electron chi connectivity index (χ2n) is 10.3. The Morgan fingerprint density at radius 2 is 1.27 bits per heavy atom. The van der Waals surface area contributed by atoms with Gasteiger partial charge in [-0.15, -0.1) is 0 Å². The first-order valence-corrected chi connectivity index (χ1v) is 13.5. The number of benzene rings is 2. The summed E-state index contributed by atoms with van der Waals surface area (Å²) in [4.78, 5) is 41.8. The molecule has 0 radical (unpaired) electrons. The van der Waals surface area contributed by atoms with Crippen LogP contribution in [0.15, 0.2) is 72.8 Å². The minimum atomic E-state index is -0.470. The van der Waals surface area contributed by atoms with Crippen LogP contribution in [0.4, 0.5) is 22.7 Å². The molecule has 2 aliphatic carbocycles. The van der Waals surface area contributed by atoms with Crippen molar-refractivity contribution in [3.8, 4) is 0 Å². The highest BCUT2D eigenvalue weighted by molar-refractivity contribution is 6.01. The zero-order chi connectivity index (χ0) is 29.2. The standard InChI is InChI=1S/C15H19N3O3.C15H21N3O/c1-16(12-8-9-12)10-4-7-15(19)17(2)13-5-3-6-14(11-13)18(20)21;1-17(13-8-9-13)10-4-7-15(19)18(2)14-6-3-5-12(16)11-14/h3-7,11-12H,8-10H2,1-2H3;3-7,11,13H,8-10,16H2,1-2H3/b2*7-4+. The Labute approximate surface area is 236 Å². The molecule has 10 nitrogen and oxygen atoms in total. The van der Waals surface area contributed by atoms with Crippen LogP contribution in [-0.4, -0.2) is 79.9 Å². The summed E-state index contributed by atoms with van der Waals surface area (Å²) in [5.41, 5.74) is 7.67. The molecule has 40 heavy (non-hydrogen) atoms. The van der Waals surface area contributed by atoms with Crippen molar-refractivity contribution in [3.63, 3.8) is 0 Å². The van der Waals surface area contributed by atoms with Crippen molar-refractivity contribution in [2.45, 2.75) is 37.8 Å². The summed E-state index contributed by atoms with van der Waals surface area (Å²) in [5, 5.41) is 10.7. The molecular formula is C30H40N6O4. The first kappa shape index (κ1) is 30.5. The van der Waals surface area contributed by atoms with Gasteiger partial charge in [-0.05, 0) is 64.0 Å². The Kier molecular flexibility index (Phi) is 11.0. The number of likely N-dealkylation sites (N-methyl/N-ethyl adjacent to an activating group) is 4. The van der Waals surface area contributed by atoms with Crippen LogP contribution in [0.1, 0.15) is 25.7 Å². The number of anilines is 3. The highest BCUT2D eigenvalue weighted by atomic mass is 16.6. The average Bonchev–Trinajstić information content (AvgIpc) is 3.85. The molecular weight excluding hydrogens is 508 g/mol. The van der Waals surface area contributed by atoms with Gasteiger partial charge in [-0.25, -0.2) is 0 Å². The van der Waals surface area contributed by atoms with E-state index in [1.807, 2.05) is 37.4 Å². The summed E-state index contributed by atoms with van der Waals surface area (Å²) < 4.78 is 0. The predicted molar refractivity (Wildman–Crippen MR) is 160 cm³/mol. The molecule has 0 saturated heterocycles. The molecule has 2 amide bonds. The van der Waals surface area contributed by atoms with Gasteiger partial charge in [0, 0.05) is 74.9 Å². The van der Waals surface area contributed by atoms with E-state index >= 15 is 0 Å². The summed E-state index contributed by atoms with van der Waals surface area (Å²) in [6, 6.07) is 14.7. The number of hydrogen-bond donors (Lipinski definition) is 1. The molecule has 4 rings (SSSR count). The number of carbonyl (C=O) groups excluding carboxylic acids is 2. The van der Waals surface area contributed by atoms with Gasteiger partial charge in [0.2, 0.25) is 11.8 Å². The van der Waals surface area contributed by atoms with Crippen LogP contribution in [0.25, 0.3) is 0 Å². The quantitative estimate of drug-likeness (QED) is 0.195. The number of nitrogens with zero attached hydrogens (tertiary/aromatic N) is 5. The van der Waals surface area contributed by atoms with Gasteiger partial charge in [0.1, 0.15) is 0 Å². The molecule has 0 unspecified atom stereocenters. The Balaban J connectivity index is 0.000000222. The maximum absolute atomic E-state index is 12.0. The number of carbonyl (C=O) groups is 2. The first-order valence-electron chi connectivity index (χ1n) is 13.5. The molecule has 2 fully saturated rings. The van der Waals surface area contributed by atoms with Crippen molar-refractivity contribution in [3.05, 3.63) is 82.9 Å². The number of nitrogens with two attached hydrogens (primary N) is 1. The summed E-state index contributed by atoms with van der Waals surface area (Å²) >= 11 is 0. The zero-order valence-corrected chi connectivity index (χ0v) is 23.8. The van der Waals surface area contributed by atoms with Crippen molar-refractivity contribution in [2.75, 3.05) is 56.8 Å². The third-order valence-corrected chi connectivity index (χ3v) is 6.99. The van der Waals surface area contributed by atoms with E-state index in [-0.39, 0.29) is 17.5 Å². The van der Waals surface area contributed by atoms with Gasteiger partial charge in [-0.2, -0.15) is 0 Å². The highest BCUT2D eigenvalue weighted by Crippen LogP contribution is 2.26. The largest absolute Gasteiger partial charge is 0.399 e. The second kappa shape index (κ2) is 14.4. The Bertz CT molecular complexity index is 1240. The fourth-order valence-electron chi connectivity index (χ4n) is 4.00. The third kappa shape index (κ3) is 9.62. The number of rotatable bonds is 11. The molecule has 0 aliphatic heterocycles. The molecule has 10 heteroatoms. The lowest BCUT2D eigenvalue weighted by atomic mass is 10.2. The van der Waals surface area contributed by atoms with Crippen molar-refractivity contribution in [2.24, 2.45) is 0 Å². The predicted octanol–water partition coefficient (Wildman–Crippen LogP) is 4.09. The van der Waals surface area contributed by atoms with Crippen molar-refractivity contribution in [1.82, 2.24) is 9.80 Å². The summed E-state index contributed by atoms with van der Waals surface area (Å²) in [7, 11) is 7.49. The fraction of sp³-hybridized carbons (Fsp3) is 0.400. The van der Waals surface area contributed by atoms with Crippen LogP contribution >= 0.6 is 0 Å². The molecule has 0 spiro atoms. The normalized spacial score (nSPS) is 14.8. The van der Waals surface area contributed by atoms with Gasteiger partial charge < -0.3 is 15.5 Å². The van der Waals surface area contributed by atoms with Gasteiger partial charge in [0.15, 0.2) is 0 Å². The summed E-state index contributed by atoms with van der Waals surface area (Å²) in [6.45, 7) is 1.56. The average molecular weight is 549 g/mol. The van der Waals surface area contributed by atoms with Gasteiger partial charge in [0.25, 0.3) is 5.69 Å². The van der Waals surface area contributed by atoms with Crippen molar-refractivity contribution < 1.29 is 14.5 Å². The van der Waals surface area contributed by atoms with Crippen LogP contribution < -0.4 is 15.5 Å². The molecule has 2 aromatic carbocycles. The smallest absolute Gasteiger partial charge is 0.271 e. The van der Waals surface area contributed by atoms with Crippen LogP contribution in [-0.2, 0) is 9.59 Å². The fourth-order valence-corrected chi connectivity index (χ4v) is 4.00. The number of non-ortho nitro benzene ring substituents is 1. The zero-order valence-electron chi connectivity index (χ0n) is 23.8. The maximum atomic E-state index is 12.0. The van der Waals surface area contributed by atoms with Crippen LogP contribution in [0.5, 0.6) is 0 Å². The van der Waals surface area contributed by atoms with Gasteiger partial charge in [0.05, 0.1) is 10.6 Å². The van der Waals surface area contributed by atoms with E-state index in [2.05, 4.69) is 16.8 Å². The van der Waals surface area contributed by atoms with Crippen molar-refractivity contribution >= 4 is 34.6 Å². The van der Waals surface area contributed by atoms with E-state index in [9.17, 15) is 19.7 Å². The minimum Gasteiger partial charge on any atom is -0.399 e. The summed E-state index contributed by atoms with van der Waals surface area (Å²) in [5.74, 6) is -0.227. The molecule has 0 heterocycles. The van der Waals surface area contributed by atoms with E-state index in [0.717, 1.165) is 18.8 Å². The number of nitro benzene ring substituents is 1. The number of nitro groups is 1. The van der Waals surface area contributed by atoms with Gasteiger partial charge in [-0.1, -0.05) is 24.3 Å². The monoisotopic (exact) mass is 548 g/mol. The molecule has 0 bridgehead atoms. The van der Waals surface area contributed by atoms with E-state index in [1.165, 1.54) is 48.8 Å². The molecule has 2 aromatic rings. The Morgan fingerprint density at radius 1 is 0.825 bits per heavy atom. The van der Waals surface area contributed by atoms with Crippen LogP contribution in [0.3, 0.4) is 0 Å². The van der Waals surface area contributed by atoms with E-state index in [4.69, 9.17) is 5.73 Å². The highest BCUT2D eigenvalue weighted by Gasteiger charge is 2.25. The second-order valence-corrected chi connectivity index (χ2v) is 10.3. The Morgan fingerprint density at radius 3 is 1.70 bits per heavy atom. The topological polar surface area (TPSA) is 116 Å². The van der Waals surface area contributed by atoms with Gasteiger partial charge in [-0.3, -0.25) is 29.5 Å². The van der Waals surface area contributed by atoms with E-state index < -0.39 is 4.92 Å². The summed E-state index contributed by atoms with van der Waals surface area (Å²) in [6.07, 6.45) is 11.9. The molecule has 2 saturated carbocycles. The van der Waals surface area contributed by atoms with E-state index in [0.29, 0.717) is 23.5 Å². The van der Waals surface area contributed by atoms with Gasteiger partial charge >= 0.3 is 0 Å². The lowest BCUT2D eigenvalue weighted by Crippen LogP contribution is -2.25. The number of nitrogen functional groups attached to an aromatic ring is 1. The first-order chi connectivity index (χ1) is 19.1. The third-order valence-electron chi connectivity index (χ3n) is 6.99. The van der Waals surface area contributed by atoms with Crippen LogP contribution in [0, 0.1) is 10.1 Å². The Hall–Kier alpha value is -4.02. The van der Waals surface area contributed by atoms with Crippen LogP contribution in [0.2, 0.25) is 0 Å². The minimum absolute atomic E-state index is 0.0235. The maximum Gasteiger partial charge on any atom is 0.271 e. The molecule has 0 aromatic heterocycles.